The molecule has 3 unspecified atom stereocenters. The van der Waals surface area contributed by atoms with Crippen LogP contribution in [0.2, 0.25) is 0 Å². The molecular weight excluding hydrogens is 90.1 g/mol. The molecule has 1 fully saturated rings. The lowest BCUT2D eigenvalue weighted by atomic mass is 10.3. The number of aliphatic hydroxyl groups excluding tert-OH is 1. The van der Waals surface area contributed by atoms with Gasteiger partial charge in [-0.1, -0.05) is 12.2 Å². The van der Waals surface area contributed by atoms with Gasteiger partial charge in [0.2, 0.25) is 0 Å². The summed E-state index contributed by atoms with van der Waals surface area (Å²) in [6, 6.07) is 0.884. The normalized spacial score (nSPS) is 54.7. The van der Waals surface area contributed by atoms with E-state index in [4.69, 9.17) is 5.11 Å². The maximum atomic E-state index is 8.89. The van der Waals surface area contributed by atoms with Crippen LogP contribution in [0, 0.1) is 0 Å². The Balaban J connectivity index is 2.22. The molecule has 2 N–H and O–H groups in total. The van der Waals surface area contributed by atoms with Gasteiger partial charge in [0.25, 0.3) is 0 Å². The zero-order valence-corrected chi connectivity index (χ0v) is 3.83. The predicted molar refractivity (Wildman–Crippen MR) is 25.9 cm³/mol. The van der Waals surface area contributed by atoms with E-state index < -0.39 is 0 Å². The van der Waals surface area contributed by atoms with Gasteiger partial charge in [-0.25, -0.2) is 0 Å². The summed E-state index contributed by atoms with van der Waals surface area (Å²) in [6.07, 6.45) is 3.64. The first kappa shape index (κ1) is 3.64. The Morgan fingerprint density at radius 3 is 2.43 bits per heavy atom. The molecule has 1 aliphatic heterocycles. The maximum Gasteiger partial charge on any atom is 0.0893 e. The van der Waals surface area contributed by atoms with E-state index in [0.29, 0.717) is 12.1 Å². The summed E-state index contributed by atoms with van der Waals surface area (Å²) in [7, 11) is 0. The quantitative estimate of drug-likeness (QED) is 0.309. The van der Waals surface area contributed by atoms with E-state index in [1.165, 1.54) is 0 Å². The summed E-state index contributed by atoms with van der Waals surface area (Å²) < 4.78 is 0. The van der Waals surface area contributed by atoms with Crippen molar-refractivity contribution in [2.75, 3.05) is 0 Å². The van der Waals surface area contributed by atoms with E-state index in [-0.39, 0.29) is 6.10 Å². The van der Waals surface area contributed by atoms with E-state index in [2.05, 4.69) is 5.32 Å². The molecule has 1 heterocycles. The molecule has 3 atom stereocenters. The fraction of sp³-hybridized carbons (Fsp3) is 0.600. The summed E-state index contributed by atoms with van der Waals surface area (Å²) >= 11 is 0. The smallest absolute Gasteiger partial charge is 0.0893 e. The number of rotatable bonds is 0. The first-order chi connectivity index (χ1) is 3.38. The number of fused-ring (bicyclic) bond motifs is 1. The van der Waals surface area contributed by atoms with Crippen molar-refractivity contribution in [3.05, 3.63) is 12.2 Å². The Labute approximate surface area is 41.8 Å². The van der Waals surface area contributed by atoms with E-state index >= 15 is 0 Å². The van der Waals surface area contributed by atoms with Crippen LogP contribution in [0.15, 0.2) is 12.2 Å². The van der Waals surface area contributed by atoms with Crippen molar-refractivity contribution < 1.29 is 5.11 Å². The third-order valence-electron chi connectivity index (χ3n) is 1.55. The molecule has 0 saturated carbocycles. The van der Waals surface area contributed by atoms with Gasteiger partial charge in [0, 0.05) is 6.04 Å². The molecule has 0 aromatic rings. The van der Waals surface area contributed by atoms with Crippen molar-refractivity contribution in [1.29, 1.82) is 0 Å². The molecule has 2 nitrogen and oxygen atoms in total. The van der Waals surface area contributed by atoms with Gasteiger partial charge in [0.15, 0.2) is 0 Å². The standard InChI is InChI=1S/C5H7NO/c7-4-2-1-3-5(4)6-3/h1-7H. The Bertz CT molecular complexity index is 121. The van der Waals surface area contributed by atoms with Gasteiger partial charge < -0.3 is 10.4 Å². The van der Waals surface area contributed by atoms with Crippen LogP contribution in [0.4, 0.5) is 0 Å². The second-order valence-electron chi connectivity index (χ2n) is 2.09. The van der Waals surface area contributed by atoms with Gasteiger partial charge in [0.05, 0.1) is 12.1 Å². The van der Waals surface area contributed by atoms with E-state index in [1.54, 1.807) is 0 Å². The molecule has 38 valence electrons. The highest BCUT2D eigenvalue weighted by molar-refractivity contribution is 5.25. The molecule has 1 saturated heterocycles. The minimum Gasteiger partial charge on any atom is -0.387 e. The van der Waals surface area contributed by atoms with Crippen LogP contribution in [0.5, 0.6) is 0 Å². The summed E-state index contributed by atoms with van der Waals surface area (Å²) in [6.45, 7) is 0. The Morgan fingerprint density at radius 1 is 1.43 bits per heavy atom. The average Bonchev–Trinajstić information content (AvgIpc) is 2.33. The first-order valence-corrected chi connectivity index (χ1v) is 2.50. The zero-order chi connectivity index (χ0) is 4.85. The topological polar surface area (TPSA) is 42.2 Å². The van der Waals surface area contributed by atoms with E-state index in [9.17, 15) is 0 Å². The minimum atomic E-state index is -0.204. The molecule has 2 aliphatic rings. The molecule has 1 aliphatic carbocycles. The van der Waals surface area contributed by atoms with E-state index in [0.717, 1.165) is 0 Å². The van der Waals surface area contributed by atoms with Gasteiger partial charge >= 0.3 is 0 Å². The SMILES string of the molecule is OC1C=CC2NC12. The number of hydrogen-bond acceptors (Lipinski definition) is 2. The molecular formula is C5H7NO. The van der Waals surface area contributed by atoms with Crippen LogP contribution in [-0.2, 0) is 0 Å². The lowest BCUT2D eigenvalue weighted by Gasteiger charge is -1.92. The van der Waals surface area contributed by atoms with Crippen molar-refractivity contribution in [1.82, 2.24) is 5.32 Å². The lowest BCUT2D eigenvalue weighted by molar-refractivity contribution is 0.224. The molecule has 7 heavy (non-hydrogen) atoms. The Kier molecular flexibility index (Phi) is 0.470. The van der Waals surface area contributed by atoms with Gasteiger partial charge in [-0.05, 0) is 0 Å². The molecule has 0 spiro atoms. The van der Waals surface area contributed by atoms with Crippen molar-refractivity contribution in [2.45, 2.75) is 18.2 Å². The van der Waals surface area contributed by atoms with Gasteiger partial charge in [0.1, 0.15) is 0 Å². The second kappa shape index (κ2) is 0.904. The fourth-order valence-electron chi connectivity index (χ4n) is 1.01. The van der Waals surface area contributed by atoms with Gasteiger partial charge in [-0.15, -0.1) is 0 Å². The Hall–Kier alpha value is -0.340. The van der Waals surface area contributed by atoms with Gasteiger partial charge in [-0.2, -0.15) is 0 Å². The summed E-state index contributed by atoms with van der Waals surface area (Å²) in [5.74, 6) is 0. The summed E-state index contributed by atoms with van der Waals surface area (Å²) in [4.78, 5) is 0. The first-order valence-electron chi connectivity index (χ1n) is 2.50. The highest BCUT2D eigenvalue weighted by Gasteiger charge is 2.42. The molecule has 0 aromatic carbocycles. The average molecular weight is 97.1 g/mol. The van der Waals surface area contributed by atoms with Crippen LogP contribution in [0.1, 0.15) is 0 Å². The number of aliphatic hydroxyl groups is 1. The maximum absolute atomic E-state index is 8.89. The third kappa shape index (κ3) is 0.353. The molecule has 2 rings (SSSR count). The lowest BCUT2D eigenvalue weighted by Crippen LogP contribution is -2.10. The largest absolute Gasteiger partial charge is 0.387 e. The number of hydrogen-bond donors (Lipinski definition) is 2. The summed E-state index contributed by atoms with van der Waals surface area (Å²) in [5.41, 5.74) is 0. The second-order valence-corrected chi connectivity index (χ2v) is 2.09. The van der Waals surface area contributed by atoms with Crippen LogP contribution in [0.25, 0.3) is 0 Å². The van der Waals surface area contributed by atoms with Crippen LogP contribution >= 0.6 is 0 Å². The predicted octanol–water partition coefficient (Wildman–Crippen LogP) is -0.743. The minimum absolute atomic E-state index is 0.204. The van der Waals surface area contributed by atoms with Gasteiger partial charge in [-0.3, -0.25) is 0 Å². The highest BCUT2D eigenvalue weighted by Crippen LogP contribution is 2.23. The van der Waals surface area contributed by atoms with Crippen molar-refractivity contribution in [3.8, 4) is 0 Å². The van der Waals surface area contributed by atoms with Crippen molar-refractivity contribution in [3.63, 3.8) is 0 Å². The summed E-state index contributed by atoms with van der Waals surface area (Å²) in [5, 5.41) is 12.0. The molecule has 0 aromatic heterocycles. The zero-order valence-electron chi connectivity index (χ0n) is 3.83. The molecule has 2 heteroatoms. The van der Waals surface area contributed by atoms with E-state index in [1.807, 2.05) is 12.2 Å². The Morgan fingerprint density at radius 2 is 2.29 bits per heavy atom. The monoisotopic (exact) mass is 97.1 g/mol. The highest BCUT2D eigenvalue weighted by atomic mass is 16.3. The third-order valence-corrected chi connectivity index (χ3v) is 1.55. The van der Waals surface area contributed by atoms with Crippen LogP contribution < -0.4 is 5.32 Å². The van der Waals surface area contributed by atoms with Crippen molar-refractivity contribution >= 4 is 0 Å². The fourth-order valence-corrected chi connectivity index (χ4v) is 1.01. The van der Waals surface area contributed by atoms with Crippen LogP contribution in [-0.4, -0.2) is 23.3 Å². The van der Waals surface area contributed by atoms with Crippen LogP contribution in [0.3, 0.4) is 0 Å². The number of nitrogens with one attached hydrogen (secondary N) is 1. The molecule has 0 amide bonds. The van der Waals surface area contributed by atoms with Crippen molar-refractivity contribution in [2.24, 2.45) is 0 Å². The molecule has 0 bridgehead atoms. The molecule has 0 radical (unpaired) electrons.